The van der Waals surface area contributed by atoms with Crippen molar-refractivity contribution < 1.29 is 0 Å². The van der Waals surface area contributed by atoms with Gasteiger partial charge in [-0.25, -0.2) is 0 Å². The Kier molecular flexibility index (Phi) is 7.96. The monoisotopic (exact) mass is 476 g/mol. The molecule has 35 heavy (non-hydrogen) atoms. The van der Waals surface area contributed by atoms with Crippen LogP contribution in [0.25, 0.3) is 0 Å². The Morgan fingerprint density at radius 1 is 0.514 bits per heavy atom. The van der Waals surface area contributed by atoms with E-state index >= 15 is 0 Å². The second-order valence-corrected chi connectivity index (χ2v) is 16.2. The lowest BCUT2D eigenvalue weighted by molar-refractivity contribution is 0.519. The molecule has 0 saturated heterocycles. The van der Waals surface area contributed by atoms with Gasteiger partial charge in [-0.2, -0.15) is 0 Å². The molecule has 0 aliphatic heterocycles. The summed E-state index contributed by atoms with van der Waals surface area (Å²) in [4.78, 5) is 0. The molecule has 196 valence electrons. The van der Waals surface area contributed by atoms with E-state index in [1.165, 1.54) is 27.8 Å². The van der Waals surface area contributed by atoms with Gasteiger partial charge in [0.25, 0.3) is 0 Å². The Bertz CT molecular complexity index is 961. The average molecular weight is 477 g/mol. The third kappa shape index (κ3) is 6.81. The molecule has 0 heterocycles. The van der Waals surface area contributed by atoms with E-state index in [9.17, 15) is 0 Å². The third-order valence-electron chi connectivity index (χ3n) is 7.46. The van der Waals surface area contributed by atoms with Crippen molar-refractivity contribution in [2.45, 2.75) is 150 Å². The fraction of sp³-hybridized carbons (Fsp3) is 0.657. The highest BCUT2D eigenvalue weighted by Gasteiger charge is 2.33. The molecule has 1 unspecified atom stereocenters. The van der Waals surface area contributed by atoms with Crippen LogP contribution in [0.2, 0.25) is 0 Å². The summed E-state index contributed by atoms with van der Waals surface area (Å²) in [7, 11) is 0. The molecule has 0 aliphatic carbocycles. The van der Waals surface area contributed by atoms with Crippen LogP contribution in [0.3, 0.4) is 0 Å². The minimum Gasteiger partial charge on any atom is -0.0617 e. The number of hydrogen-bond acceptors (Lipinski definition) is 0. The first-order valence-corrected chi connectivity index (χ1v) is 13.8. The summed E-state index contributed by atoms with van der Waals surface area (Å²) in [5, 5.41) is 0. The lowest BCUT2D eigenvalue weighted by atomic mass is 9.68. The molecule has 0 aliphatic rings. The van der Waals surface area contributed by atoms with Crippen LogP contribution in [-0.2, 0) is 33.5 Å². The van der Waals surface area contributed by atoms with Gasteiger partial charge in [0.05, 0.1) is 0 Å². The SMILES string of the molecule is CC(Cc1c(C(C)(C)C)cccc1C(C)(C)C)c1c(C(C)(C)C)cc(C(C)(C)C)cc1C(C)(C)C. The fourth-order valence-electron chi connectivity index (χ4n) is 5.48. The highest BCUT2D eigenvalue weighted by Crippen LogP contribution is 2.44. The lowest BCUT2D eigenvalue weighted by Gasteiger charge is -2.37. The van der Waals surface area contributed by atoms with E-state index < -0.39 is 0 Å². The van der Waals surface area contributed by atoms with Crippen molar-refractivity contribution in [3.63, 3.8) is 0 Å². The minimum atomic E-state index is 0.0846. The van der Waals surface area contributed by atoms with Crippen molar-refractivity contribution in [3.8, 4) is 0 Å². The molecule has 0 fully saturated rings. The van der Waals surface area contributed by atoms with Gasteiger partial charge in [0, 0.05) is 0 Å². The van der Waals surface area contributed by atoms with Gasteiger partial charge in [-0.1, -0.05) is 141 Å². The smallest absolute Gasteiger partial charge is 0.0129 e. The van der Waals surface area contributed by atoms with Gasteiger partial charge in [0.1, 0.15) is 0 Å². The highest BCUT2D eigenvalue weighted by molar-refractivity contribution is 5.51. The van der Waals surface area contributed by atoms with Crippen LogP contribution in [0.5, 0.6) is 0 Å². The molecule has 0 aromatic heterocycles. The molecule has 0 bridgehead atoms. The summed E-state index contributed by atoms with van der Waals surface area (Å²) in [5.41, 5.74) is 11.1. The van der Waals surface area contributed by atoms with Crippen molar-refractivity contribution in [1.82, 2.24) is 0 Å². The van der Waals surface area contributed by atoms with Crippen LogP contribution >= 0.6 is 0 Å². The summed E-state index contributed by atoms with van der Waals surface area (Å²) in [6, 6.07) is 12.1. The maximum absolute atomic E-state index is 2.53. The molecule has 0 amide bonds. The second-order valence-electron chi connectivity index (χ2n) is 16.2. The van der Waals surface area contributed by atoms with Crippen LogP contribution in [0, 0.1) is 0 Å². The second kappa shape index (κ2) is 9.39. The van der Waals surface area contributed by atoms with Crippen LogP contribution in [0.4, 0.5) is 0 Å². The molecule has 0 radical (unpaired) electrons. The quantitative estimate of drug-likeness (QED) is 0.413. The molecule has 0 spiro atoms. The molecule has 2 rings (SSSR count). The normalized spacial score (nSPS) is 14.9. The number of hydrogen-bond donors (Lipinski definition) is 0. The van der Waals surface area contributed by atoms with Gasteiger partial charge < -0.3 is 0 Å². The summed E-state index contributed by atoms with van der Waals surface area (Å²) in [6.07, 6.45) is 1.07. The van der Waals surface area contributed by atoms with Crippen molar-refractivity contribution >= 4 is 0 Å². The first kappa shape index (κ1) is 29.7. The Morgan fingerprint density at radius 3 is 1.14 bits per heavy atom. The molecule has 0 nitrogen and oxygen atoms in total. The Morgan fingerprint density at radius 2 is 0.857 bits per heavy atom. The summed E-state index contributed by atoms with van der Waals surface area (Å²) in [5.74, 6) is 0.428. The molecule has 0 heteroatoms. The van der Waals surface area contributed by atoms with Crippen LogP contribution in [0.1, 0.15) is 156 Å². The largest absolute Gasteiger partial charge is 0.0617 e. The molecule has 0 N–H and O–H groups in total. The lowest BCUT2D eigenvalue weighted by Crippen LogP contribution is -2.27. The van der Waals surface area contributed by atoms with Crippen LogP contribution in [0.15, 0.2) is 30.3 Å². The number of benzene rings is 2. The molecule has 2 aromatic rings. The van der Waals surface area contributed by atoms with E-state index in [4.69, 9.17) is 0 Å². The summed E-state index contributed by atoms with van der Waals surface area (Å²) < 4.78 is 0. The standard InChI is InChI=1S/C35H56/c1-23(20-25-26(32(5,6)7)18-17-19-27(25)33(8,9)10)30-28(34(11,12)13)21-24(31(2,3)4)22-29(30)35(14,15)16/h17-19,21-23H,20H2,1-16H3. The predicted molar refractivity (Wildman–Crippen MR) is 159 cm³/mol. The van der Waals surface area contributed by atoms with Gasteiger partial charge in [-0.3, -0.25) is 0 Å². The Labute approximate surface area is 219 Å². The average Bonchev–Trinajstić information content (AvgIpc) is 2.63. The van der Waals surface area contributed by atoms with Gasteiger partial charge in [0.2, 0.25) is 0 Å². The van der Waals surface area contributed by atoms with E-state index in [2.05, 4.69) is 141 Å². The van der Waals surface area contributed by atoms with Crippen molar-refractivity contribution in [1.29, 1.82) is 0 Å². The first-order chi connectivity index (χ1) is 15.5. The maximum Gasteiger partial charge on any atom is -0.0129 e. The van der Waals surface area contributed by atoms with Gasteiger partial charge >= 0.3 is 0 Å². The van der Waals surface area contributed by atoms with Gasteiger partial charge in [0.15, 0.2) is 0 Å². The zero-order valence-electron chi connectivity index (χ0n) is 26.2. The van der Waals surface area contributed by atoms with Crippen molar-refractivity contribution in [3.05, 3.63) is 69.3 Å². The zero-order chi connectivity index (χ0) is 27.4. The summed E-state index contributed by atoms with van der Waals surface area (Å²) in [6.45, 7) is 38.0. The third-order valence-corrected chi connectivity index (χ3v) is 7.46. The van der Waals surface area contributed by atoms with Crippen LogP contribution < -0.4 is 0 Å². The van der Waals surface area contributed by atoms with Crippen molar-refractivity contribution in [2.24, 2.45) is 0 Å². The Balaban J connectivity index is 2.89. The molecular formula is C35H56. The van der Waals surface area contributed by atoms with Gasteiger partial charge in [-0.05, 0) is 78.4 Å². The minimum absolute atomic E-state index is 0.0846. The highest BCUT2D eigenvalue weighted by atomic mass is 14.4. The van der Waals surface area contributed by atoms with Crippen molar-refractivity contribution in [2.75, 3.05) is 0 Å². The molecule has 2 aromatic carbocycles. The van der Waals surface area contributed by atoms with Crippen LogP contribution in [-0.4, -0.2) is 0 Å². The fourth-order valence-corrected chi connectivity index (χ4v) is 5.48. The number of rotatable bonds is 3. The predicted octanol–water partition coefficient (Wildman–Crippen LogP) is 10.5. The molecular weight excluding hydrogens is 420 g/mol. The van der Waals surface area contributed by atoms with Gasteiger partial charge in [-0.15, -0.1) is 0 Å². The molecule has 0 saturated carbocycles. The van der Waals surface area contributed by atoms with E-state index in [1.807, 2.05) is 0 Å². The maximum atomic E-state index is 2.53. The Hall–Kier alpha value is -1.56. The summed E-state index contributed by atoms with van der Waals surface area (Å²) >= 11 is 0. The zero-order valence-corrected chi connectivity index (χ0v) is 26.2. The topological polar surface area (TPSA) is 0 Å². The first-order valence-electron chi connectivity index (χ1n) is 13.8. The molecule has 1 atom stereocenters. The van der Waals surface area contributed by atoms with E-state index in [0.29, 0.717) is 5.92 Å². The van der Waals surface area contributed by atoms with E-state index in [-0.39, 0.29) is 27.1 Å². The van der Waals surface area contributed by atoms with E-state index in [1.54, 1.807) is 11.1 Å². The van der Waals surface area contributed by atoms with E-state index in [0.717, 1.165) is 6.42 Å².